The summed E-state index contributed by atoms with van der Waals surface area (Å²) in [5.41, 5.74) is 3.97. The first kappa shape index (κ1) is 24.4. The fraction of sp³-hybridized carbons (Fsp3) is 0.379. The van der Waals surface area contributed by atoms with Crippen LogP contribution in [0.2, 0.25) is 0 Å². The molecule has 1 fully saturated rings. The van der Waals surface area contributed by atoms with Crippen molar-refractivity contribution < 1.29 is 19.1 Å². The summed E-state index contributed by atoms with van der Waals surface area (Å²) in [5, 5.41) is 2.09. The molecule has 7 heteroatoms. The van der Waals surface area contributed by atoms with Gasteiger partial charge in [0.1, 0.15) is 24.7 Å². The second-order valence-electron chi connectivity index (χ2n) is 9.63. The standard InChI is InChI=1S/C29H32N2O4S/c1-19-7-10-26(20(2)15-19)35-18-25-24-12-14-36-27(24)11-13-30(25)28(32)17-31(22-8-9-22)29(33)21-5-4-6-23(16-21)34-3/h4-7,10,12,14-16,22,25H,8-9,11,13,17-18H2,1-3H3/t25-/m0/s1. The molecule has 2 amide bonds. The first-order chi connectivity index (χ1) is 17.4. The monoisotopic (exact) mass is 504 g/mol. The maximum Gasteiger partial charge on any atom is 0.254 e. The zero-order valence-electron chi connectivity index (χ0n) is 21.0. The molecule has 3 aromatic rings. The summed E-state index contributed by atoms with van der Waals surface area (Å²) in [7, 11) is 1.58. The molecule has 1 atom stereocenters. The van der Waals surface area contributed by atoms with Gasteiger partial charge in [0, 0.05) is 23.0 Å². The van der Waals surface area contributed by atoms with Gasteiger partial charge in [0.25, 0.3) is 5.91 Å². The van der Waals surface area contributed by atoms with E-state index >= 15 is 0 Å². The number of benzene rings is 2. The molecule has 0 N–H and O–H groups in total. The molecule has 6 nitrogen and oxygen atoms in total. The molecule has 0 spiro atoms. The molecule has 1 saturated carbocycles. The van der Waals surface area contributed by atoms with Crippen LogP contribution in [0.1, 0.15) is 50.8 Å². The van der Waals surface area contributed by atoms with Gasteiger partial charge in [-0.25, -0.2) is 0 Å². The van der Waals surface area contributed by atoms with Crippen LogP contribution in [0, 0.1) is 13.8 Å². The lowest BCUT2D eigenvalue weighted by Crippen LogP contribution is -2.48. The molecule has 2 heterocycles. The molecule has 0 unspecified atom stereocenters. The van der Waals surface area contributed by atoms with E-state index in [0.717, 1.165) is 36.1 Å². The lowest BCUT2D eigenvalue weighted by atomic mass is 10.00. The second-order valence-corrected chi connectivity index (χ2v) is 10.6. The zero-order chi connectivity index (χ0) is 25.2. The Bertz CT molecular complexity index is 1270. The number of amides is 2. The lowest BCUT2D eigenvalue weighted by molar-refractivity contribution is -0.135. The Kier molecular flexibility index (Phi) is 7.01. The molecule has 0 saturated heterocycles. The number of carbonyl (C=O) groups is 2. The summed E-state index contributed by atoms with van der Waals surface area (Å²) < 4.78 is 11.6. The van der Waals surface area contributed by atoms with Gasteiger partial charge >= 0.3 is 0 Å². The Hall–Kier alpha value is -3.32. The zero-order valence-corrected chi connectivity index (χ0v) is 21.8. The fourth-order valence-electron chi connectivity index (χ4n) is 4.92. The van der Waals surface area contributed by atoms with E-state index in [1.54, 1.807) is 35.5 Å². The van der Waals surface area contributed by atoms with E-state index in [2.05, 4.69) is 24.4 Å². The maximum absolute atomic E-state index is 13.7. The van der Waals surface area contributed by atoms with Crippen molar-refractivity contribution >= 4 is 23.2 Å². The fourth-order valence-corrected chi connectivity index (χ4v) is 5.84. The Morgan fingerprint density at radius 1 is 1.11 bits per heavy atom. The van der Waals surface area contributed by atoms with Crippen LogP contribution in [-0.4, -0.2) is 54.5 Å². The molecular weight excluding hydrogens is 472 g/mol. The van der Waals surface area contributed by atoms with Crippen LogP contribution in [0.25, 0.3) is 0 Å². The number of rotatable bonds is 8. The summed E-state index contributed by atoms with van der Waals surface area (Å²) in [6.45, 7) is 5.18. The van der Waals surface area contributed by atoms with Crippen molar-refractivity contribution in [2.75, 3.05) is 26.8 Å². The topological polar surface area (TPSA) is 59.1 Å². The molecule has 0 radical (unpaired) electrons. The number of fused-ring (bicyclic) bond motifs is 1. The SMILES string of the molecule is COc1cccc(C(=O)N(CC(=O)N2CCc3sccc3[C@@H]2COc2ccc(C)cc2C)C2CC2)c1. The number of ether oxygens (including phenoxy) is 2. The third kappa shape index (κ3) is 5.12. The average Bonchev–Trinajstić information content (AvgIpc) is 3.61. The maximum atomic E-state index is 13.7. The second kappa shape index (κ2) is 10.3. The molecular formula is C29H32N2O4S. The van der Waals surface area contributed by atoms with Crippen molar-refractivity contribution in [1.82, 2.24) is 9.80 Å². The number of hydrogen-bond donors (Lipinski definition) is 0. The van der Waals surface area contributed by atoms with E-state index in [-0.39, 0.29) is 30.4 Å². The van der Waals surface area contributed by atoms with Gasteiger partial charge in [0.15, 0.2) is 0 Å². The van der Waals surface area contributed by atoms with Gasteiger partial charge in [0.05, 0.1) is 13.2 Å². The summed E-state index contributed by atoms with van der Waals surface area (Å²) >= 11 is 1.73. The van der Waals surface area contributed by atoms with Gasteiger partial charge in [0.2, 0.25) is 5.91 Å². The minimum atomic E-state index is -0.179. The van der Waals surface area contributed by atoms with Crippen molar-refractivity contribution in [2.45, 2.75) is 45.2 Å². The number of hydrogen-bond acceptors (Lipinski definition) is 5. The van der Waals surface area contributed by atoms with Crippen LogP contribution >= 0.6 is 11.3 Å². The number of aryl methyl sites for hydroxylation is 2. The van der Waals surface area contributed by atoms with Gasteiger partial charge in [-0.05, 0) is 79.9 Å². The average molecular weight is 505 g/mol. The van der Waals surface area contributed by atoms with Crippen LogP contribution < -0.4 is 9.47 Å². The predicted octanol–water partition coefficient (Wildman–Crippen LogP) is 5.18. The highest BCUT2D eigenvalue weighted by atomic mass is 32.1. The Balaban J connectivity index is 1.35. The number of thiophene rings is 1. The minimum Gasteiger partial charge on any atom is -0.497 e. The highest BCUT2D eigenvalue weighted by molar-refractivity contribution is 7.10. The summed E-state index contributed by atoms with van der Waals surface area (Å²) in [5.74, 6) is 1.31. The third-order valence-corrected chi connectivity index (χ3v) is 8.01. The lowest BCUT2D eigenvalue weighted by Gasteiger charge is -2.37. The quantitative estimate of drug-likeness (QED) is 0.424. The molecule has 1 aliphatic heterocycles. The van der Waals surface area contributed by atoms with Gasteiger partial charge in [-0.2, -0.15) is 0 Å². The Labute approximate surface area is 216 Å². The van der Waals surface area contributed by atoms with Crippen molar-refractivity contribution in [1.29, 1.82) is 0 Å². The van der Waals surface area contributed by atoms with Crippen molar-refractivity contribution in [3.05, 3.63) is 81.0 Å². The minimum absolute atomic E-state index is 0.0378. The van der Waals surface area contributed by atoms with Crippen LogP contribution in [0.4, 0.5) is 0 Å². The van der Waals surface area contributed by atoms with Crippen LogP contribution in [0.3, 0.4) is 0 Å². The molecule has 36 heavy (non-hydrogen) atoms. The van der Waals surface area contributed by atoms with E-state index in [9.17, 15) is 9.59 Å². The molecule has 188 valence electrons. The summed E-state index contributed by atoms with van der Waals surface area (Å²) in [4.78, 5) is 32.1. The Morgan fingerprint density at radius 3 is 2.69 bits per heavy atom. The molecule has 2 aliphatic rings. The molecule has 1 aromatic heterocycles. The first-order valence-electron chi connectivity index (χ1n) is 12.5. The number of carbonyl (C=O) groups excluding carboxylic acids is 2. The van der Waals surface area contributed by atoms with Crippen LogP contribution in [0.5, 0.6) is 11.5 Å². The van der Waals surface area contributed by atoms with E-state index in [4.69, 9.17) is 9.47 Å². The van der Waals surface area contributed by atoms with Gasteiger partial charge in [-0.3, -0.25) is 9.59 Å². The Morgan fingerprint density at radius 2 is 1.94 bits per heavy atom. The normalized spacial score (nSPS) is 16.9. The van der Waals surface area contributed by atoms with Crippen molar-refractivity contribution in [2.24, 2.45) is 0 Å². The molecule has 0 bridgehead atoms. The summed E-state index contributed by atoms with van der Waals surface area (Å²) in [6, 6.07) is 15.3. The smallest absolute Gasteiger partial charge is 0.254 e. The first-order valence-corrected chi connectivity index (χ1v) is 13.3. The highest BCUT2D eigenvalue weighted by Gasteiger charge is 2.38. The third-order valence-electron chi connectivity index (χ3n) is 7.01. The molecule has 2 aromatic carbocycles. The summed E-state index contributed by atoms with van der Waals surface area (Å²) in [6.07, 6.45) is 2.68. The molecule has 5 rings (SSSR count). The molecule has 1 aliphatic carbocycles. The highest BCUT2D eigenvalue weighted by Crippen LogP contribution is 2.35. The van der Waals surface area contributed by atoms with E-state index in [0.29, 0.717) is 24.5 Å². The van der Waals surface area contributed by atoms with E-state index in [1.165, 1.54) is 10.4 Å². The van der Waals surface area contributed by atoms with Crippen LogP contribution in [-0.2, 0) is 11.2 Å². The van der Waals surface area contributed by atoms with Gasteiger partial charge < -0.3 is 19.3 Å². The van der Waals surface area contributed by atoms with Crippen molar-refractivity contribution in [3.8, 4) is 11.5 Å². The van der Waals surface area contributed by atoms with Gasteiger partial charge in [-0.15, -0.1) is 11.3 Å². The number of nitrogens with zero attached hydrogens (tertiary/aromatic N) is 2. The largest absolute Gasteiger partial charge is 0.497 e. The van der Waals surface area contributed by atoms with Gasteiger partial charge in [-0.1, -0.05) is 23.8 Å². The number of methoxy groups -OCH3 is 1. The van der Waals surface area contributed by atoms with E-state index < -0.39 is 0 Å². The van der Waals surface area contributed by atoms with Crippen LogP contribution in [0.15, 0.2) is 53.9 Å². The predicted molar refractivity (Wildman–Crippen MR) is 141 cm³/mol. The van der Waals surface area contributed by atoms with Crippen molar-refractivity contribution in [3.63, 3.8) is 0 Å². The van der Waals surface area contributed by atoms with E-state index in [1.807, 2.05) is 36.1 Å².